The van der Waals surface area contributed by atoms with E-state index in [-0.39, 0.29) is 11.6 Å². The van der Waals surface area contributed by atoms with Crippen LogP contribution in [0.3, 0.4) is 0 Å². The molecule has 33 heavy (non-hydrogen) atoms. The van der Waals surface area contributed by atoms with Crippen molar-refractivity contribution in [2.45, 2.75) is 19.0 Å². The van der Waals surface area contributed by atoms with Crippen LogP contribution in [0, 0.1) is 0 Å². The fourth-order valence-corrected chi connectivity index (χ4v) is 3.43. The minimum absolute atomic E-state index is 0.237. The summed E-state index contributed by atoms with van der Waals surface area (Å²) < 4.78 is 41.1. The van der Waals surface area contributed by atoms with Gasteiger partial charge in [-0.25, -0.2) is 4.68 Å². The van der Waals surface area contributed by atoms with E-state index in [4.69, 9.17) is 0 Å². The van der Waals surface area contributed by atoms with Crippen molar-refractivity contribution in [1.82, 2.24) is 20.1 Å². The van der Waals surface area contributed by atoms with Crippen molar-refractivity contribution in [1.29, 1.82) is 0 Å². The largest absolute Gasteiger partial charge is 0.435 e. The highest BCUT2D eigenvalue weighted by Crippen LogP contribution is 2.33. The number of hydrogen-bond donors (Lipinski definition) is 1. The van der Waals surface area contributed by atoms with Gasteiger partial charge >= 0.3 is 6.18 Å². The summed E-state index contributed by atoms with van der Waals surface area (Å²) >= 11 is 0. The summed E-state index contributed by atoms with van der Waals surface area (Å²) in [5.41, 5.74) is 1.79. The van der Waals surface area contributed by atoms with Crippen molar-refractivity contribution in [2.24, 2.45) is 0 Å². The SMILES string of the molecule is O=C(NCCCc1ccccc1)c1ccc(-n2nc(C(F)(F)F)cc2-c2cccnc2)cc1. The van der Waals surface area contributed by atoms with Gasteiger partial charge in [-0.2, -0.15) is 18.3 Å². The van der Waals surface area contributed by atoms with Crippen LogP contribution in [0.5, 0.6) is 0 Å². The molecule has 2 aromatic carbocycles. The molecular formula is C25H21F3N4O. The number of nitrogens with zero attached hydrogens (tertiary/aromatic N) is 3. The van der Waals surface area contributed by atoms with Crippen molar-refractivity contribution >= 4 is 5.91 Å². The Morgan fingerprint density at radius 2 is 1.73 bits per heavy atom. The predicted molar refractivity (Wildman–Crippen MR) is 119 cm³/mol. The molecule has 0 aliphatic rings. The number of alkyl halides is 3. The lowest BCUT2D eigenvalue weighted by Gasteiger charge is -2.09. The van der Waals surface area contributed by atoms with Crippen LogP contribution in [0.1, 0.15) is 28.0 Å². The third-order valence-electron chi connectivity index (χ3n) is 5.10. The molecule has 0 saturated carbocycles. The van der Waals surface area contributed by atoms with Gasteiger partial charge in [0, 0.05) is 30.1 Å². The number of carbonyl (C=O) groups excluding carboxylic acids is 1. The zero-order chi connectivity index (χ0) is 23.3. The predicted octanol–water partition coefficient (Wildman–Crippen LogP) is 5.32. The summed E-state index contributed by atoms with van der Waals surface area (Å²) in [6.45, 7) is 0.523. The van der Waals surface area contributed by atoms with E-state index in [9.17, 15) is 18.0 Å². The Morgan fingerprint density at radius 1 is 0.970 bits per heavy atom. The molecule has 168 valence electrons. The number of amides is 1. The third-order valence-corrected chi connectivity index (χ3v) is 5.10. The number of pyridine rings is 1. The Balaban J connectivity index is 1.47. The first-order chi connectivity index (χ1) is 15.9. The van der Waals surface area contributed by atoms with Crippen LogP contribution >= 0.6 is 0 Å². The summed E-state index contributed by atoms with van der Waals surface area (Å²) in [5, 5.41) is 6.63. The summed E-state index contributed by atoms with van der Waals surface area (Å²) in [5.74, 6) is -0.237. The van der Waals surface area contributed by atoms with Gasteiger partial charge in [0.15, 0.2) is 5.69 Å². The molecule has 8 heteroatoms. The van der Waals surface area contributed by atoms with Gasteiger partial charge in [-0.3, -0.25) is 9.78 Å². The molecule has 1 N–H and O–H groups in total. The Hall–Kier alpha value is -3.94. The van der Waals surface area contributed by atoms with E-state index in [0.717, 1.165) is 18.9 Å². The van der Waals surface area contributed by atoms with Gasteiger partial charge in [0.25, 0.3) is 5.91 Å². The van der Waals surface area contributed by atoms with Crippen LogP contribution in [0.2, 0.25) is 0 Å². The monoisotopic (exact) mass is 450 g/mol. The van der Waals surface area contributed by atoms with E-state index in [1.807, 2.05) is 30.3 Å². The molecule has 0 aliphatic heterocycles. The molecule has 2 heterocycles. The van der Waals surface area contributed by atoms with Crippen LogP contribution < -0.4 is 5.32 Å². The molecule has 0 radical (unpaired) electrons. The molecule has 0 atom stereocenters. The summed E-state index contributed by atoms with van der Waals surface area (Å²) in [6.07, 6.45) is 0.0999. The van der Waals surface area contributed by atoms with Crippen molar-refractivity contribution in [3.05, 3.63) is 102 Å². The lowest BCUT2D eigenvalue weighted by atomic mass is 10.1. The van der Waals surface area contributed by atoms with Gasteiger partial charge in [-0.1, -0.05) is 30.3 Å². The molecule has 0 bridgehead atoms. The Kier molecular flexibility index (Phi) is 6.53. The molecule has 0 fully saturated rings. The quantitative estimate of drug-likeness (QED) is 0.388. The van der Waals surface area contributed by atoms with Crippen molar-refractivity contribution in [3.8, 4) is 16.9 Å². The second kappa shape index (κ2) is 9.68. The number of nitrogens with one attached hydrogen (secondary N) is 1. The molecule has 0 unspecified atom stereocenters. The van der Waals surface area contributed by atoms with E-state index in [0.29, 0.717) is 23.4 Å². The zero-order valence-electron chi connectivity index (χ0n) is 17.6. The molecule has 4 rings (SSSR count). The number of rotatable bonds is 7. The number of carbonyl (C=O) groups is 1. The van der Waals surface area contributed by atoms with E-state index < -0.39 is 11.9 Å². The summed E-state index contributed by atoms with van der Waals surface area (Å²) in [6, 6.07) is 20.6. The molecular weight excluding hydrogens is 429 g/mol. The molecule has 0 spiro atoms. The van der Waals surface area contributed by atoms with Gasteiger partial charge in [-0.05, 0) is 60.9 Å². The molecule has 2 aromatic heterocycles. The Bertz CT molecular complexity index is 1200. The maximum absolute atomic E-state index is 13.3. The van der Waals surface area contributed by atoms with Crippen LogP contribution in [0.4, 0.5) is 13.2 Å². The fourth-order valence-electron chi connectivity index (χ4n) is 3.43. The van der Waals surface area contributed by atoms with Crippen LogP contribution in [0.25, 0.3) is 16.9 Å². The van der Waals surface area contributed by atoms with Crippen LogP contribution in [-0.2, 0) is 12.6 Å². The lowest BCUT2D eigenvalue weighted by Crippen LogP contribution is -2.24. The topological polar surface area (TPSA) is 59.8 Å². The number of halogens is 3. The highest BCUT2D eigenvalue weighted by atomic mass is 19.4. The molecule has 0 saturated heterocycles. The average Bonchev–Trinajstić information content (AvgIpc) is 3.29. The second-order valence-corrected chi connectivity index (χ2v) is 7.46. The smallest absolute Gasteiger partial charge is 0.352 e. The van der Waals surface area contributed by atoms with Crippen LogP contribution in [0.15, 0.2) is 85.2 Å². The van der Waals surface area contributed by atoms with Crippen LogP contribution in [-0.4, -0.2) is 27.2 Å². The number of hydrogen-bond acceptors (Lipinski definition) is 3. The highest BCUT2D eigenvalue weighted by molar-refractivity contribution is 5.94. The van der Waals surface area contributed by atoms with Crippen molar-refractivity contribution in [3.63, 3.8) is 0 Å². The highest BCUT2D eigenvalue weighted by Gasteiger charge is 2.35. The Labute approximate surface area is 188 Å². The van der Waals surface area contributed by atoms with E-state index >= 15 is 0 Å². The Morgan fingerprint density at radius 3 is 2.39 bits per heavy atom. The molecule has 4 aromatic rings. The minimum Gasteiger partial charge on any atom is -0.352 e. The number of benzene rings is 2. The first-order valence-electron chi connectivity index (χ1n) is 10.4. The van der Waals surface area contributed by atoms with Crippen molar-refractivity contribution < 1.29 is 18.0 Å². The van der Waals surface area contributed by atoms with E-state index in [1.165, 1.54) is 16.4 Å². The van der Waals surface area contributed by atoms with E-state index in [1.54, 1.807) is 42.6 Å². The minimum atomic E-state index is -4.58. The first kappa shape index (κ1) is 22.3. The second-order valence-electron chi connectivity index (χ2n) is 7.46. The van der Waals surface area contributed by atoms with Gasteiger partial charge in [0.1, 0.15) is 0 Å². The van der Waals surface area contributed by atoms with Gasteiger partial charge in [-0.15, -0.1) is 0 Å². The lowest BCUT2D eigenvalue weighted by molar-refractivity contribution is -0.141. The molecule has 1 amide bonds. The third kappa shape index (κ3) is 5.46. The number of aromatic nitrogens is 3. The fraction of sp³-hybridized carbons (Fsp3) is 0.160. The van der Waals surface area contributed by atoms with E-state index in [2.05, 4.69) is 15.4 Å². The average molecular weight is 450 g/mol. The normalized spacial score (nSPS) is 11.4. The number of aryl methyl sites for hydroxylation is 1. The zero-order valence-corrected chi connectivity index (χ0v) is 17.6. The maximum Gasteiger partial charge on any atom is 0.435 e. The van der Waals surface area contributed by atoms with Gasteiger partial charge < -0.3 is 5.32 Å². The van der Waals surface area contributed by atoms with Gasteiger partial charge in [0.2, 0.25) is 0 Å². The van der Waals surface area contributed by atoms with Crippen molar-refractivity contribution in [2.75, 3.05) is 6.54 Å². The summed E-state index contributed by atoms with van der Waals surface area (Å²) in [7, 11) is 0. The molecule has 5 nitrogen and oxygen atoms in total. The standard InChI is InChI=1S/C25H21F3N4O/c26-25(27,28)23-16-22(20-9-5-14-29-17-20)32(31-23)21-12-10-19(11-13-21)24(33)30-15-4-8-18-6-2-1-3-7-18/h1-3,5-7,9-14,16-17H,4,8,15H2,(H,30,33). The maximum atomic E-state index is 13.3. The van der Waals surface area contributed by atoms with Gasteiger partial charge in [0.05, 0.1) is 11.4 Å². The molecule has 0 aliphatic carbocycles. The summed E-state index contributed by atoms with van der Waals surface area (Å²) in [4.78, 5) is 16.4. The first-order valence-corrected chi connectivity index (χ1v) is 10.4.